The van der Waals surface area contributed by atoms with Crippen molar-refractivity contribution in [1.82, 2.24) is 0 Å². The van der Waals surface area contributed by atoms with Gasteiger partial charge in [-0.25, -0.2) is 4.79 Å². The van der Waals surface area contributed by atoms with Gasteiger partial charge in [-0.2, -0.15) is 0 Å². The lowest BCUT2D eigenvalue weighted by Crippen LogP contribution is -2.26. The van der Waals surface area contributed by atoms with E-state index in [9.17, 15) is 9.59 Å². The van der Waals surface area contributed by atoms with E-state index in [-0.39, 0.29) is 17.0 Å². The molecule has 0 unspecified atom stereocenters. The van der Waals surface area contributed by atoms with Crippen LogP contribution in [-0.4, -0.2) is 11.8 Å². The molecule has 126 valence electrons. The van der Waals surface area contributed by atoms with Crippen molar-refractivity contribution >= 4 is 11.8 Å². The minimum Gasteiger partial charge on any atom is -0.453 e. The molecule has 0 saturated heterocycles. The van der Waals surface area contributed by atoms with Crippen LogP contribution in [0.4, 0.5) is 0 Å². The first-order valence-electron chi connectivity index (χ1n) is 8.12. The number of Topliss-reactive ketones (excluding diaryl/α,β-unsaturated/α-hetero) is 1. The van der Waals surface area contributed by atoms with Crippen molar-refractivity contribution in [3.05, 3.63) is 52.0 Å². The average Bonchev–Trinajstić information content (AvgIpc) is 2.72. The van der Waals surface area contributed by atoms with E-state index in [0.29, 0.717) is 35.5 Å². The molecule has 3 rings (SSSR count). The number of hydrogen-bond acceptors (Lipinski definition) is 4. The molecule has 2 aromatic rings. The first-order valence-corrected chi connectivity index (χ1v) is 8.12. The third-order valence-corrected chi connectivity index (χ3v) is 4.37. The number of ketones is 1. The van der Waals surface area contributed by atoms with Gasteiger partial charge in [0.05, 0.1) is 5.56 Å². The minimum atomic E-state index is -0.558. The summed E-state index contributed by atoms with van der Waals surface area (Å²) in [6, 6.07) is 5.61. The molecule has 0 N–H and O–H groups in total. The van der Waals surface area contributed by atoms with Gasteiger partial charge < -0.3 is 9.15 Å². The van der Waals surface area contributed by atoms with Crippen LogP contribution in [0, 0.1) is 26.2 Å². The summed E-state index contributed by atoms with van der Waals surface area (Å²) in [6.45, 7) is 9.69. The highest BCUT2D eigenvalue weighted by molar-refractivity contribution is 6.03. The van der Waals surface area contributed by atoms with Crippen molar-refractivity contribution in [1.29, 1.82) is 0 Å². The normalized spacial score (nSPS) is 16.0. The van der Waals surface area contributed by atoms with E-state index in [4.69, 9.17) is 9.15 Å². The molecule has 1 heterocycles. The molecule has 1 aliphatic carbocycles. The zero-order chi connectivity index (χ0) is 17.6. The molecule has 0 spiro atoms. The number of esters is 1. The highest BCUT2D eigenvalue weighted by Gasteiger charge is 2.37. The second kappa shape index (κ2) is 5.62. The lowest BCUT2D eigenvalue weighted by molar-refractivity contribution is 0.0694. The van der Waals surface area contributed by atoms with E-state index in [1.165, 1.54) is 0 Å². The first-order chi connectivity index (χ1) is 11.2. The summed E-state index contributed by atoms with van der Waals surface area (Å²) in [4.78, 5) is 24.9. The van der Waals surface area contributed by atoms with E-state index in [1.807, 2.05) is 33.8 Å². The highest BCUT2D eigenvalue weighted by Crippen LogP contribution is 2.38. The van der Waals surface area contributed by atoms with E-state index in [2.05, 4.69) is 0 Å². The maximum Gasteiger partial charge on any atom is 0.379 e. The predicted octanol–water partition coefficient (Wildman–Crippen LogP) is 4.58. The second-order valence-corrected chi connectivity index (χ2v) is 7.51. The van der Waals surface area contributed by atoms with Crippen molar-refractivity contribution < 1.29 is 18.7 Å². The number of benzene rings is 1. The standard InChI is InChI=1S/C20H22O4/c1-11-6-12(2)8-14(7-11)23-19(22)18-13(3)17-15(21)9-20(4,5)10-16(17)24-18/h6-8H,9-10H2,1-5H3. The summed E-state index contributed by atoms with van der Waals surface area (Å²) in [5.74, 6) is 0.690. The largest absolute Gasteiger partial charge is 0.453 e. The van der Waals surface area contributed by atoms with Crippen LogP contribution in [0.15, 0.2) is 22.6 Å². The van der Waals surface area contributed by atoms with Gasteiger partial charge in [0.15, 0.2) is 5.78 Å². The van der Waals surface area contributed by atoms with E-state index >= 15 is 0 Å². The molecule has 4 heteroatoms. The van der Waals surface area contributed by atoms with Gasteiger partial charge in [0.25, 0.3) is 0 Å². The summed E-state index contributed by atoms with van der Waals surface area (Å²) in [6.07, 6.45) is 1.11. The Balaban J connectivity index is 1.93. The summed E-state index contributed by atoms with van der Waals surface area (Å²) < 4.78 is 11.2. The molecule has 24 heavy (non-hydrogen) atoms. The molecule has 0 atom stereocenters. The SMILES string of the molecule is Cc1cc(C)cc(OC(=O)c2oc3c(c2C)C(=O)CC(C)(C)C3)c1. The summed E-state index contributed by atoms with van der Waals surface area (Å²) in [5.41, 5.74) is 3.03. The fraction of sp³-hybridized carbons (Fsp3) is 0.400. The molecule has 1 aromatic heterocycles. The Hall–Kier alpha value is -2.36. The van der Waals surface area contributed by atoms with Crippen LogP contribution in [-0.2, 0) is 6.42 Å². The molecule has 0 radical (unpaired) electrons. The fourth-order valence-electron chi connectivity index (χ4n) is 3.42. The third-order valence-electron chi connectivity index (χ3n) is 4.37. The van der Waals surface area contributed by atoms with Crippen molar-refractivity contribution in [2.24, 2.45) is 5.41 Å². The molecule has 4 nitrogen and oxygen atoms in total. The number of furan rings is 1. The van der Waals surface area contributed by atoms with E-state index in [1.54, 1.807) is 19.1 Å². The number of carbonyl (C=O) groups is 2. The van der Waals surface area contributed by atoms with Crippen LogP contribution in [0.3, 0.4) is 0 Å². The van der Waals surface area contributed by atoms with Gasteiger partial charge in [-0.05, 0) is 49.4 Å². The minimum absolute atomic E-state index is 0.0351. The lowest BCUT2D eigenvalue weighted by Gasteiger charge is -2.27. The predicted molar refractivity (Wildman–Crippen MR) is 90.8 cm³/mol. The number of carbonyl (C=O) groups excluding carboxylic acids is 2. The number of fused-ring (bicyclic) bond motifs is 1. The zero-order valence-corrected chi connectivity index (χ0v) is 14.8. The Bertz CT molecular complexity index is 819. The highest BCUT2D eigenvalue weighted by atomic mass is 16.5. The number of aryl methyl sites for hydroxylation is 2. The van der Waals surface area contributed by atoms with Gasteiger partial charge >= 0.3 is 5.97 Å². The number of ether oxygens (including phenoxy) is 1. The monoisotopic (exact) mass is 326 g/mol. The maximum absolute atomic E-state index is 12.5. The van der Waals surface area contributed by atoms with Gasteiger partial charge in [-0.3, -0.25) is 4.79 Å². The van der Waals surface area contributed by atoms with Crippen molar-refractivity contribution in [3.8, 4) is 5.75 Å². The Morgan fingerprint density at radius 2 is 1.71 bits per heavy atom. The van der Waals surface area contributed by atoms with Gasteiger partial charge in [0.2, 0.25) is 5.76 Å². The molecule has 0 saturated carbocycles. The van der Waals surface area contributed by atoms with Crippen LogP contribution >= 0.6 is 0 Å². The summed E-state index contributed by atoms with van der Waals surface area (Å²) in [7, 11) is 0. The van der Waals surface area contributed by atoms with Crippen molar-refractivity contribution in [3.63, 3.8) is 0 Å². The van der Waals surface area contributed by atoms with Crippen LogP contribution in [0.2, 0.25) is 0 Å². The molecule has 0 amide bonds. The first kappa shape index (κ1) is 16.5. The number of hydrogen-bond donors (Lipinski definition) is 0. The Morgan fingerprint density at radius 1 is 1.08 bits per heavy atom. The molecule has 1 aromatic carbocycles. The van der Waals surface area contributed by atoms with Gasteiger partial charge in [0.1, 0.15) is 11.5 Å². The zero-order valence-electron chi connectivity index (χ0n) is 14.8. The quantitative estimate of drug-likeness (QED) is 0.599. The van der Waals surface area contributed by atoms with E-state index in [0.717, 1.165) is 11.1 Å². The van der Waals surface area contributed by atoms with Gasteiger partial charge in [-0.15, -0.1) is 0 Å². The third kappa shape index (κ3) is 3.01. The topological polar surface area (TPSA) is 56.5 Å². The maximum atomic E-state index is 12.5. The fourth-order valence-corrected chi connectivity index (χ4v) is 3.42. The molecule has 1 aliphatic rings. The van der Waals surface area contributed by atoms with Crippen LogP contribution in [0.5, 0.6) is 5.75 Å². The molecular formula is C20H22O4. The Kier molecular flexibility index (Phi) is 3.86. The van der Waals surface area contributed by atoms with Crippen LogP contribution in [0.1, 0.15) is 63.6 Å². The number of rotatable bonds is 2. The second-order valence-electron chi connectivity index (χ2n) is 7.51. The summed E-state index contributed by atoms with van der Waals surface area (Å²) in [5, 5.41) is 0. The summed E-state index contributed by atoms with van der Waals surface area (Å²) >= 11 is 0. The molecule has 0 aliphatic heterocycles. The lowest BCUT2D eigenvalue weighted by atomic mass is 9.76. The molecule has 0 bridgehead atoms. The van der Waals surface area contributed by atoms with Crippen molar-refractivity contribution in [2.75, 3.05) is 0 Å². The smallest absolute Gasteiger partial charge is 0.379 e. The Labute approximate surface area is 141 Å². The molecular weight excluding hydrogens is 304 g/mol. The molecule has 0 fully saturated rings. The van der Waals surface area contributed by atoms with E-state index < -0.39 is 5.97 Å². The average molecular weight is 326 g/mol. The van der Waals surface area contributed by atoms with Gasteiger partial charge in [-0.1, -0.05) is 19.9 Å². The Morgan fingerprint density at radius 3 is 2.33 bits per heavy atom. The van der Waals surface area contributed by atoms with Crippen molar-refractivity contribution in [2.45, 2.75) is 47.5 Å². The van der Waals surface area contributed by atoms with Gasteiger partial charge in [0, 0.05) is 18.4 Å². The van der Waals surface area contributed by atoms with Crippen LogP contribution < -0.4 is 4.74 Å². The van der Waals surface area contributed by atoms with Crippen LogP contribution in [0.25, 0.3) is 0 Å².